The fourth-order valence-corrected chi connectivity index (χ4v) is 6.29. The van der Waals surface area contributed by atoms with Gasteiger partial charge >= 0.3 is 0 Å². The lowest BCUT2D eigenvalue weighted by Crippen LogP contribution is -2.23. The average molecular weight is 570 g/mol. The molecule has 0 radical (unpaired) electrons. The number of fused-ring (bicyclic) bond motifs is 1. The number of imidazole rings is 1. The Labute approximate surface area is 232 Å². The molecular weight excluding hydrogens is 538 g/mol. The topological polar surface area (TPSA) is 118 Å². The maximum absolute atomic E-state index is 13.3. The first-order valence-corrected chi connectivity index (χ1v) is 15.1. The number of sulfonamides is 1. The Bertz CT molecular complexity index is 1640. The highest BCUT2D eigenvalue weighted by molar-refractivity contribution is 7.89. The molecule has 1 aliphatic carbocycles. The second-order valence-electron chi connectivity index (χ2n) is 9.85. The Morgan fingerprint density at radius 3 is 2.51 bits per heavy atom. The molecule has 0 amide bonds. The zero-order chi connectivity index (χ0) is 27.6. The summed E-state index contributed by atoms with van der Waals surface area (Å²) in [4.78, 5) is 20.9. The van der Waals surface area contributed by atoms with E-state index in [4.69, 9.17) is 26.4 Å². The lowest BCUT2D eigenvalue weighted by Gasteiger charge is -2.15. The van der Waals surface area contributed by atoms with Crippen LogP contribution in [-0.2, 0) is 16.6 Å². The highest BCUT2D eigenvalue weighted by Gasteiger charge is 2.25. The third kappa shape index (κ3) is 5.88. The molecule has 9 nitrogen and oxygen atoms in total. The van der Waals surface area contributed by atoms with E-state index in [0.717, 1.165) is 37.1 Å². The molecule has 0 aliphatic heterocycles. The van der Waals surface area contributed by atoms with Gasteiger partial charge < -0.3 is 9.72 Å². The van der Waals surface area contributed by atoms with E-state index in [1.165, 1.54) is 25.0 Å². The van der Waals surface area contributed by atoms with Gasteiger partial charge in [-0.25, -0.2) is 22.6 Å². The lowest BCUT2D eigenvalue weighted by molar-refractivity contribution is 0.341. The highest BCUT2D eigenvalue weighted by Crippen LogP contribution is 2.33. The second-order valence-corrected chi connectivity index (χ2v) is 12.1. The van der Waals surface area contributed by atoms with Crippen molar-refractivity contribution in [2.24, 2.45) is 0 Å². The largest absolute Gasteiger partial charge is 0.493 e. The molecule has 2 aromatic heterocycles. The molecule has 0 saturated heterocycles. The van der Waals surface area contributed by atoms with Gasteiger partial charge in [0.15, 0.2) is 11.3 Å². The summed E-state index contributed by atoms with van der Waals surface area (Å²) >= 11 is 5.94. The SMILES string of the molecule is CCOc1ccc(S(=O)(=O)NCc2ccc(Cl)cc2)cc1-c1nn2c(C3CCCCCC3)nc(C)c2c(=O)[nH]1. The Hall–Kier alpha value is -3.21. The maximum Gasteiger partial charge on any atom is 0.277 e. The van der Waals surface area contributed by atoms with Gasteiger partial charge in [-0.15, -0.1) is 5.10 Å². The summed E-state index contributed by atoms with van der Waals surface area (Å²) in [5, 5.41) is 5.37. The van der Waals surface area contributed by atoms with Crippen LogP contribution < -0.4 is 15.0 Å². The molecule has 1 aliphatic rings. The zero-order valence-corrected chi connectivity index (χ0v) is 23.6. The van der Waals surface area contributed by atoms with Gasteiger partial charge in [0.2, 0.25) is 10.0 Å². The minimum atomic E-state index is -3.89. The van der Waals surface area contributed by atoms with Crippen LogP contribution in [0.4, 0.5) is 0 Å². The van der Waals surface area contributed by atoms with Gasteiger partial charge in [-0.2, -0.15) is 0 Å². The number of benzene rings is 2. The summed E-state index contributed by atoms with van der Waals surface area (Å²) in [6, 6.07) is 11.5. The van der Waals surface area contributed by atoms with Crippen molar-refractivity contribution < 1.29 is 13.2 Å². The Morgan fingerprint density at radius 2 is 1.82 bits per heavy atom. The van der Waals surface area contributed by atoms with Crippen molar-refractivity contribution in [3.8, 4) is 17.1 Å². The van der Waals surface area contributed by atoms with Crippen molar-refractivity contribution in [1.82, 2.24) is 24.3 Å². The van der Waals surface area contributed by atoms with E-state index >= 15 is 0 Å². The third-order valence-corrected chi connectivity index (χ3v) is 8.77. The van der Waals surface area contributed by atoms with E-state index in [2.05, 4.69) is 9.71 Å². The van der Waals surface area contributed by atoms with Gasteiger partial charge in [-0.05, 0) is 62.6 Å². The fraction of sp³-hybridized carbons (Fsp3) is 0.393. The maximum atomic E-state index is 13.3. The molecule has 0 atom stereocenters. The smallest absolute Gasteiger partial charge is 0.277 e. The molecule has 0 spiro atoms. The van der Waals surface area contributed by atoms with Gasteiger partial charge in [0.05, 0.1) is 22.8 Å². The van der Waals surface area contributed by atoms with Crippen LogP contribution in [0, 0.1) is 6.92 Å². The van der Waals surface area contributed by atoms with Gasteiger partial charge in [-0.3, -0.25) is 4.79 Å². The molecule has 1 saturated carbocycles. The number of nitrogens with one attached hydrogen (secondary N) is 2. The number of halogens is 1. The average Bonchev–Trinajstić information content (AvgIpc) is 3.07. The second kappa shape index (κ2) is 11.5. The van der Waals surface area contributed by atoms with Crippen LogP contribution >= 0.6 is 11.6 Å². The summed E-state index contributed by atoms with van der Waals surface area (Å²) in [5.41, 5.74) is 1.85. The van der Waals surface area contributed by atoms with Crippen LogP contribution in [0.15, 0.2) is 52.2 Å². The molecular formula is C28H32ClN5O4S. The Balaban J connectivity index is 1.56. The highest BCUT2D eigenvalue weighted by atomic mass is 35.5. The van der Waals surface area contributed by atoms with Gasteiger partial charge in [0, 0.05) is 17.5 Å². The quantitative estimate of drug-likeness (QED) is 0.276. The first kappa shape index (κ1) is 27.4. The molecule has 2 aromatic carbocycles. The number of H-pyrrole nitrogens is 1. The van der Waals surface area contributed by atoms with Gasteiger partial charge in [-0.1, -0.05) is 49.4 Å². The monoisotopic (exact) mass is 569 g/mol. The Kier molecular flexibility index (Phi) is 8.06. The van der Waals surface area contributed by atoms with Crippen molar-refractivity contribution >= 4 is 27.1 Å². The third-order valence-electron chi connectivity index (χ3n) is 7.12. The van der Waals surface area contributed by atoms with Crippen LogP contribution in [0.25, 0.3) is 16.9 Å². The van der Waals surface area contributed by atoms with E-state index in [0.29, 0.717) is 34.2 Å². The summed E-state index contributed by atoms with van der Waals surface area (Å²) < 4.78 is 36.5. The van der Waals surface area contributed by atoms with Crippen LogP contribution in [0.3, 0.4) is 0 Å². The first-order valence-electron chi connectivity index (χ1n) is 13.3. The molecule has 1 fully saturated rings. The molecule has 2 N–H and O–H groups in total. The predicted molar refractivity (Wildman–Crippen MR) is 151 cm³/mol. The fourth-order valence-electron chi connectivity index (χ4n) is 5.12. The summed E-state index contributed by atoms with van der Waals surface area (Å²) in [7, 11) is -3.89. The van der Waals surface area contributed by atoms with E-state index < -0.39 is 10.0 Å². The van der Waals surface area contributed by atoms with Crippen molar-refractivity contribution in [3.63, 3.8) is 0 Å². The zero-order valence-electron chi connectivity index (χ0n) is 22.0. The number of ether oxygens (including phenoxy) is 1. The van der Waals surface area contributed by atoms with Crippen LogP contribution in [0.2, 0.25) is 5.02 Å². The molecule has 39 heavy (non-hydrogen) atoms. The molecule has 2 heterocycles. The van der Waals surface area contributed by atoms with E-state index in [1.807, 2.05) is 13.8 Å². The van der Waals surface area contributed by atoms with Crippen molar-refractivity contribution in [3.05, 3.63) is 74.9 Å². The first-order chi connectivity index (χ1) is 18.8. The molecule has 5 rings (SSSR count). The minimum absolute atomic E-state index is 0.0310. The summed E-state index contributed by atoms with van der Waals surface area (Å²) in [5.74, 6) is 1.64. The van der Waals surface area contributed by atoms with E-state index in [-0.39, 0.29) is 28.7 Å². The van der Waals surface area contributed by atoms with Gasteiger partial charge in [0.1, 0.15) is 11.6 Å². The lowest BCUT2D eigenvalue weighted by atomic mass is 10.00. The summed E-state index contributed by atoms with van der Waals surface area (Å²) in [6.45, 7) is 4.11. The van der Waals surface area contributed by atoms with Crippen LogP contribution in [0.5, 0.6) is 5.75 Å². The Morgan fingerprint density at radius 1 is 1.10 bits per heavy atom. The number of hydrogen-bond acceptors (Lipinski definition) is 6. The number of aromatic nitrogens is 4. The number of aryl methyl sites for hydroxylation is 1. The predicted octanol–water partition coefficient (Wildman–Crippen LogP) is 5.36. The van der Waals surface area contributed by atoms with Crippen LogP contribution in [-0.4, -0.2) is 34.6 Å². The normalized spacial score (nSPS) is 14.9. The van der Waals surface area contributed by atoms with Crippen molar-refractivity contribution in [2.75, 3.05) is 6.61 Å². The van der Waals surface area contributed by atoms with E-state index in [1.54, 1.807) is 34.8 Å². The molecule has 11 heteroatoms. The molecule has 0 bridgehead atoms. The molecule has 4 aromatic rings. The standard InChI is InChI=1S/C28H32ClN5O4S/c1-3-38-24-15-14-22(39(36,37)30-17-19-10-12-21(29)13-11-19)16-23(24)26-32-28(35)25-18(2)31-27(34(25)33-26)20-8-6-4-5-7-9-20/h10-16,20,30H,3-9,17H2,1-2H3,(H,32,33,35). The minimum Gasteiger partial charge on any atom is -0.493 e. The number of rotatable bonds is 8. The molecule has 0 unspecified atom stereocenters. The molecule has 206 valence electrons. The summed E-state index contributed by atoms with van der Waals surface area (Å²) in [6.07, 6.45) is 6.63. The number of hydrogen-bond donors (Lipinski definition) is 2. The van der Waals surface area contributed by atoms with Crippen LogP contribution in [0.1, 0.15) is 68.4 Å². The van der Waals surface area contributed by atoms with Crippen molar-refractivity contribution in [1.29, 1.82) is 0 Å². The van der Waals surface area contributed by atoms with Gasteiger partial charge in [0.25, 0.3) is 5.56 Å². The number of nitrogens with zero attached hydrogens (tertiary/aromatic N) is 3. The van der Waals surface area contributed by atoms with E-state index in [9.17, 15) is 13.2 Å². The number of aromatic amines is 1. The van der Waals surface area contributed by atoms with Crippen molar-refractivity contribution in [2.45, 2.75) is 69.7 Å².